The van der Waals surface area contributed by atoms with E-state index < -0.39 is 10.0 Å². The summed E-state index contributed by atoms with van der Waals surface area (Å²) < 4.78 is 38.0. The second-order valence-corrected chi connectivity index (χ2v) is 6.39. The van der Waals surface area contributed by atoms with E-state index in [-0.39, 0.29) is 16.1 Å². The maximum Gasteiger partial charge on any atom is 0.262 e. The Morgan fingerprint density at radius 1 is 1.09 bits per heavy atom. The summed E-state index contributed by atoms with van der Waals surface area (Å²) in [5, 5.41) is 9.07. The maximum atomic E-state index is 12.6. The maximum absolute atomic E-state index is 12.6. The lowest BCUT2D eigenvalue weighted by molar-refractivity contribution is 0.353. The van der Waals surface area contributed by atoms with Crippen molar-refractivity contribution in [2.45, 2.75) is 11.8 Å². The minimum Gasteiger partial charge on any atom is -0.493 e. The minimum absolute atomic E-state index is 0.0582. The monoisotopic (exact) mass is 332 g/mol. The van der Waals surface area contributed by atoms with Crippen molar-refractivity contribution in [2.24, 2.45) is 0 Å². The van der Waals surface area contributed by atoms with Gasteiger partial charge in [0, 0.05) is 6.07 Å². The van der Waals surface area contributed by atoms with Crippen LogP contribution in [-0.2, 0) is 10.0 Å². The molecule has 0 aliphatic carbocycles. The van der Waals surface area contributed by atoms with Gasteiger partial charge in [0.1, 0.15) is 6.07 Å². The Bertz CT molecular complexity index is 870. The highest BCUT2D eigenvalue weighted by molar-refractivity contribution is 7.92. The van der Waals surface area contributed by atoms with E-state index in [0.29, 0.717) is 17.1 Å². The van der Waals surface area contributed by atoms with Crippen molar-refractivity contribution < 1.29 is 17.9 Å². The molecule has 0 aliphatic rings. The molecule has 0 amide bonds. The molecule has 1 N–H and O–H groups in total. The van der Waals surface area contributed by atoms with E-state index in [9.17, 15) is 8.42 Å². The van der Waals surface area contributed by atoms with Gasteiger partial charge in [-0.2, -0.15) is 5.26 Å². The van der Waals surface area contributed by atoms with Crippen molar-refractivity contribution in [3.05, 3.63) is 47.5 Å². The summed E-state index contributed by atoms with van der Waals surface area (Å²) in [5.74, 6) is 0.758. The molecule has 0 atom stereocenters. The second-order valence-electron chi connectivity index (χ2n) is 4.74. The van der Waals surface area contributed by atoms with Crippen LogP contribution in [-0.4, -0.2) is 22.6 Å². The predicted octanol–water partition coefficient (Wildman–Crippen LogP) is 2.68. The van der Waals surface area contributed by atoms with Gasteiger partial charge in [0.15, 0.2) is 11.5 Å². The van der Waals surface area contributed by atoms with E-state index in [4.69, 9.17) is 14.7 Å². The molecule has 0 heterocycles. The van der Waals surface area contributed by atoms with Gasteiger partial charge in [-0.25, -0.2) is 8.42 Å². The third-order valence-corrected chi connectivity index (χ3v) is 4.77. The zero-order valence-electron chi connectivity index (χ0n) is 13.0. The van der Waals surface area contributed by atoms with E-state index in [1.54, 1.807) is 31.2 Å². The molecule has 0 saturated carbocycles. The van der Waals surface area contributed by atoms with Crippen molar-refractivity contribution in [1.82, 2.24) is 0 Å². The summed E-state index contributed by atoms with van der Waals surface area (Å²) in [6.45, 7) is 1.66. The number of methoxy groups -OCH3 is 2. The fourth-order valence-corrected chi connectivity index (χ4v) is 3.44. The van der Waals surface area contributed by atoms with Crippen LogP contribution in [0.15, 0.2) is 41.3 Å². The molecule has 2 aromatic rings. The molecule has 6 nitrogen and oxygen atoms in total. The van der Waals surface area contributed by atoms with Gasteiger partial charge in [0.2, 0.25) is 0 Å². The second kappa shape index (κ2) is 6.58. The average molecular weight is 332 g/mol. The fraction of sp³-hybridized carbons (Fsp3) is 0.188. The van der Waals surface area contributed by atoms with Crippen molar-refractivity contribution in [1.29, 1.82) is 5.26 Å². The first-order valence-electron chi connectivity index (χ1n) is 6.67. The molecule has 0 bridgehead atoms. The SMILES string of the molecule is COc1cc(C)c(S(=O)(=O)Nc2ccccc2C#N)cc1OC. The Morgan fingerprint density at radius 2 is 1.70 bits per heavy atom. The third kappa shape index (κ3) is 3.38. The fourth-order valence-electron chi connectivity index (χ4n) is 2.12. The number of nitrogens with zero attached hydrogens (tertiary/aromatic N) is 1. The molecule has 120 valence electrons. The zero-order valence-corrected chi connectivity index (χ0v) is 13.8. The van der Waals surface area contributed by atoms with Crippen molar-refractivity contribution in [3.8, 4) is 17.6 Å². The lowest BCUT2D eigenvalue weighted by atomic mass is 10.2. The number of nitriles is 1. The van der Waals surface area contributed by atoms with Crippen molar-refractivity contribution >= 4 is 15.7 Å². The lowest BCUT2D eigenvalue weighted by Crippen LogP contribution is -2.15. The number of para-hydroxylation sites is 1. The Morgan fingerprint density at radius 3 is 2.30 bits per heavy atom. The number of nitrogens with one attached hydrogen (secondary N) is 1. The van der Waals surface area contributed by atoms with Gasteiger partial charge in [0.05, 0.1) is 30.4 Å². The normalized spacial score (nSPS) is 10.7. The molecule has 2 aromatic carbocycles. The van der Waals surface area contributed by atoms with E-state index in [2.05, 4.69) is 4.72 Å². The van der Waals surface area contributed by atoms with Gasteiger partial charge in [-0.15, -0.1) is 0 Å². The number of benzene rings is 2. The Labute approximate surface area is 135 Å². The number of hydrogen-bond donors (Lipinski definition) is 1. The highest BCUT2D eigenvalue weighted by Crippen LogP contribution is 2.33. The number of sulfonamides is 1. The summed E-state index contributed by atoms with van der Waals surface area (Å²) >= 11 is 0. The number of rotatable bonds is 5. The van der Waals surface area contributed by atoms with Crippen LogP contribution in [0, 0.1) is 18.3 Å². The lowest BCUT2D eigenvalue weighted by Gasteiger charge is -2.14. The van der Waals surface area contributed by atoms with Crippen LogP contribution in [0.1, 0.15) is 11.1 Å². The molecular weight excluding hydrogens is 316 g/mol. The third-order valence-electron chi connectivity index (χ3n) is 3.26. The predicted molar refractivity (Wildman–Crippen MR) is 86.2 cm³/mol. The molecule has 23 heavy (non-hydrogen) atoms. The van der Waals surface area contributed by atoms with Gasteiger partial charge < -0.3 is 9.47 Å². The van der Waals surface area contributed by atoms with Gasteiger partial charge in [0.25, 0.3) is 10.0 Å². The molecule has 7 heteroatoms. The van der Waals surface area contributed by atoms with Crippen molar-refractivity contribution in [3.63, 3.8) is 0 Å². The first-order valence-corrected chi connectivity index (χ1v) is 8.16. The van der Waals surface area contributed by atoms with Crippen LogP contribution < -0.4 is 14.2 Å². The summed E-state index contributed by atoms with van der Waals surface area (Å²) in [7, 11) is -0.959. The molecule has 0 aromatic heterocycles. The summed E-state index contributed by atoms with van der Waals surface area (Å²) in [5.41, 5.74) is 0.975. The average Bonchev–Trinajstić information content (AvgIpc) is 2.54. The van der Waals surface area contributed by atoms with Crippen molar-refractivity contribution in [2.75, 3.05) is 18.9 Å². The number of ether oxygens (including phenoxy) is 2. The van der Waals surface area contributed by atoms with Gasteiger partial charge in [-0.05, 0) is 30.7 Å². The van der Waals surface area contributed by atoms with Gasteiger partial charge >= 0.3 is 0 Å². The Hall–Kier alpha value is -2.72. The highest BCUT2D eigenvalue weighted by atomic mass is 32.2. The molecule has 0 saturated heterocycles. The largest absolute Gasteiger partial charge is 0.493 e. The quantitative estimate of drug-likeness (QED) is 0.909. The van der Waals surface area contributed by atoms with E-state index in [0.717, 1.165) is 0 Å². The van der Waals surface area contributed by atoms with Crippen LogP contribution in [0.2, 0.25) is 0 Å². The Balaban J connectivity index is 2.50. The van der Waals surface area contributed by atoms with E-state index in [1.807, 2.05) is 6.07 Å². The highest BCUT2D eigenvalue weighted by Gasteiger charge is 2.21. The number of anilines is 1. The summed E-state index contributed by atoms with van der Waals surface area (Å²) in [6.07, 6.45) is 0. The molecule has 0 fully saturated rings. The smallest absolute Gasteiger partial charge is 0.262 e. The van der Waals surface area contributed by atoms with Crippen LogP contribution in [0.3, 0.4) is 0 Å². The van der Waals surface area contributed by atoms with Gasteiger partial charge in [-0.3, -0.25) is 4.72 Å². The molecule has 0 spiro atoms. The molecular formula is C16H16N2O4S. The Kier molecular flexibility index (Phi) is 4.77. The van der Waals surface area contributed by atoms with E-state index >= 15 is 0 Å². The van der Waals surface area contributed by atoms with E-state index in [1.165, 1.54) is 26.4 Å². The zero-order chi connectivity index (χ0) is 17.0. The van der Waals surface area contributed by atoms with Crippen LogP contribution in [0.25, 0.3) is 0 Å². The van der Waals surface area contributed by atoms with Crippen LogP contribution in [0.5, 0.6) is 11.5 Å². The summed E-state index contributed by atoms with van der Waals surface area (Å²) in [6, 6.07) is 11.3. The van der Waals surface area contributed by atoms with Crippen LogP contribution in [0.4, 0.5) is 5.69 Å². The minimum atomic E-state index is -3.87. The molecule has 0 aliphatic heterocycles. The number of hydrogen-bond acceptors (Lipinski definition) is 5. The van der Waals surface area contributed by atoms with Crippen LogP contribution >= 0.6 is 0 Å². The molecule has 0 radical (unpaired) electrons. The summed E-state index contributed by atoms with van der Waals surface area (Å²) in [4.78, 5) is 0.0582. The number of aryl methyl sites for hydroxylation is 1. The standard InChI is InChI=1S/C16H16N2O4S/c1-11-8-14(21-2)15(22-3)9-16(11)23(19,20)18-13-7-5-4-6-12(13)10-17/h4-9,18H,1-3H3. The van der Waals surface area contributed by atoms with Gasteiger partial charge in [-0.1, -0.05) is 12.1 Å². The first kappa shape index (κ1) is 16.6. The first-order chi connectivity index (χ1) is 10.9. The molecule has 2 rings (SSSR count). The molecule has 0 unspecified atom stereocenters. The topological polar surface area (TPSA) is 88.4 Å².